The monoisotopic (exact) mass is 316 g/mol. The van der Waals surface area contributed by atoms with E-state index in [2.05, 4.69) is 12.1 Å². The van der Waals surface area contributed by atoms with Crippen LogP contribution < -0.4 is 14.8 Å². The Labute approximate surface area is 131 Å². The van der Waals surface area contributed by atoms with Gasteiger partial charge in [0.25, 0.3) is 0 Å². The quantitative estimate of drug-likeness (QED) is 0.803. The standard InChI is InChI=1S/C18H21O3P/c1-20-16-6-8-18(9-7-16)22(19)11-10-15(13-22)14-4-3-5-17(12-14)21-2/h3-9,12,15H,10-11,13H2,1-2H3/t15-,22+/m1/s1. The van der Waals surface area contributed by atoms with Gasteiger partial charge in [-0.2, -0.15) is 0 Å². The van der Waals surface area contributed by atoms with Crippen molar-refractivity contribution in [2.24, 2.45) is 0 Å². The summed E-state index contributed by atoms with van der Waals surface area (Å²) in [6.07, 6.45) is 2.49. The lowest BCUT2D eigenvalue weighted by atomic mass is 9.99. The molecule has 2 aromatic carbocycles. The molecule has 22 heavy (non-hydrogen) atoms. The first-order valence-electron chi connectivity index (χ1n) is 7.51. The number of hydrogen-bond donors (Lipinski definition) is 0. The molecule has 0 aliphatic carbocycles. The van der Waals surface area contributed by atoms with Gasteiger partial charge in [-0.3, -0.25) is 0 Å². The van der Waals surface area contributed by atoms with Gasteiger partial charge in [0.15, 0.2) is 0 Å². The number of ether oxygens (including phenoxy) is 2. The lowest BCUT2D eigenvalue weighted by molar-refractivity contribution is 0.414. The first-order chi connectivity index (χ1) is 10.6. The fraction of sp³-hybridized carbons (Fsp3) is 0.333. The Morgan fingerprint density at radius 1 is 1.00 bits per heavy atom. The SMILES string of the molecule is COc1ccc([P@]2(=O)CC[C@@H](c3cccc(OC)c3)C2)cc1. The van der Waals surface area contributed by atoms with E-state index in [1.165, 1.54) is 5.56 Å². The zero-order valence-corrected chi connectivity index (χ0v) is 13.9. The summed E-state index contributed by atoms with van der Waals surface area (Å²) in [5.74, 6) is 2.02. The highest BCUT2D eigenvalue weighted by atomic mass is 31.2. The minimum Gasteiger partial charge on any atom is -0.497 e. The first kappa shape index (κ1) is 15.2. The summed E-state index contributed by atoms with van der Waals surface area (Å²) >= 11 is 0. The molecule has 0 amide bonds. The molecule has 0 radical (unpaired) electrons. The van der Waals surface area contributed by atoms with Gasteiger partial charge in [0.05, 0.1) is 14.2 Å². The molecule has 1 fully saturated rings. The summed E-state index contributed by atoms with van der Waals surface area (Å²) in [5, 5.41) is 0.971. The van der Waals surface area contributed by atoms with Crippen molar-refractivity contribution in [1.82, 2.24) is 0 Å². The highest BCUT2D eigenvalue weighted by Crippen LogP contribution is 2.56. The summed E-state index contributed by atoms with van der Waals surface area (Å²) in [4.78, 5) is 0. The van der Waals surface area contributed by atoms with Gasteiger partial charge >= 0.3 is 0 Å². The largest absolute Gasteiger partial charge is 0.497 e. The maximum absolute atomic E-state index is 13.3. The molecule has 0 N–H and O–H groups in total. The van der Waals surface area contributed by atoms with Gasteiger partial charge in [-0.1, -0.05) is 12.1 Å². The molecule has 1 aliphatic heterocycles. The maximum atomic E-state index is 13.3. The Balaban J connectivity index is 1.81. The Morgan fingerprint density at radius 3 is 2.41 bits per heavy atom. The Morgan fingerprint density at radius 2 is 1.73 bits per heavy atom. The third kappa shape index (κ3) is 2.91. The van der Waals surface area contributed by atoms with Crippen molar-refractivity contribution >= 4 is 12.4 Å². The van der Waals surface area contributed by atoms with E-state index in [0.717, 1.165) is 35.5 Å². The van der Waals surface area contributed by atoms with Crippen molar-refractivity contribution in [3.63, 3.8) is 0 Å². The number of rotatable bonds is 4. The van der Waals surface area contributed by atoms with E-state index >= 15 is 0 Å². The molecule has 0 spiro atoms. The Bertz CT molecular complexity index is 694. The molecule has 3 nitrogen and oxygen atoms in total. The van der Waals surface area contributed by atoms with Crippen LogP contribution in [0.25, 0.3) is 0 Å². The second kappa shape index (κ2) is 6.18. The predicted octanol–water partition coefficient (Wildman–Crippen LogP) is 3.88. The molecule has 116 valence electrons. The van der Waals surface area contributed by atoms with Gasteiger partial charge in [-0.05, 0) is 54.3 Å². The van der Waals surface area contributed by atoms with Crippen LogP contribution in [0.1, 0.15) is 17.9 Å². The summed E-state index contributed by atoms with van der Waals surface area (Å²) in [7, 11) is 1.03. The molecule has 4 heteroatoms. The minimum atomic E-state index is -2.29. The third-order valence-electron chi connectivity index (χ3n) is 4.46. The second-order valence-corrected chi connectivity index (χ2v) is 8.86. The van der Waals surface area contributed by atoms with Gasteiger partial charge in [0.1, 0.15) is 18.6 Å². The lowest BCUT2D eigenvalue weighted by Gasteiger charge is -2.14. The summed E-state index contributed by atoms with van der Waals surface area (Å²) in [6.45, 7) is 0. The summed E-state index contributed by atoms with van der Waals surface area (Å²) in [5.41, 5.74) is 1.23. The van der Waals surface area contributed by atoms with Gasteiger partial charge in [0.2, 0.25) is 0 Å². The van der Waals surface area contributed by atoms with E-state index in [0.29, 0.717) is 5.92 Å². The van der Waals surface area contributed by atoms with Crippen LogP contribution in [0.2, 0.25) is 0 Å². The summed E-state index contributed by atoms with van der Waals surface area (Å²) < 4.78 is 23.8. The lowest BCUT2D eigenvalue weighted by Crippen LogP contribution is -2.07. The molecular formula is C18H21O3P. The molecule has 1 saturated heterocycles. The van der Waals surface area contributed by atoms with Gasteiger partial charge in [-0.15, -0.1) is 0 Å². The number of hydrogen-bond acceptors (Lipinski definition) is 3. The zero-order valence-electron chi connectivity index (χ0n) is 13.0. The van der Waals surface area contributed by atoms with E-state index in [4.69, 9.17) is 9.47 Å². The molecule has 1 heterocycles. The van der Waals surface area contributed by atoms with Crippen LogP contribution in [0.15, 0.2) is 48.5 Å². The molecule has 2 aromatic rings. The molecular weight excluding hydrogens is 295 g/mol. The van der Waals surface area contributed by atoms with Gasteiger partial charge in [-0.25, -0.2) is 0 Å². The normalized spacial score (nSPS) is 24.2. The fourth-order valence-electron chi connectivity index (χ4n) is 3.16. The third-order valence-corrected chi connectivity index (χ3v) is 7.71. The van der Waals surface area contributed by atoms with E-state index in [1.54, 1.807) is 14.2 Å². The minimum absolute atomic E-state index is 0.350. The predicted molar refractivity (Wildman–Crippen MR) is 90.3 cm³/mol. The molecule has 0 unspecified atom stereocenters. The number of methoxy groups -OCH3 is 2. The fourth-order valence-corrected chi connectivity index (χ4v) is 6.34. The van der Waals surface area contributed by atoms with Crippen LogP contribution in [-0.4, -0.2) is 26.5 Å². The molecule has 3 rings (SSSR count). The smallest absolute Gasteiger partial charge is 0.119 e. The van der Waals surface area contributed by atoms with Crippen LogP contribution in [0.5, 0.6) is 11.5 Å². The van der Waals surface area contributed by atoms with Gasteiger partial charge in [0, 0.05) is 17.6 Å². The average Bonchev–Trinajstić information content (AvgIpc) is 2.99. The Hall–Kier alpha value is -1.73. The van der Waals surface area contributed by atoms with Crippen LogP contribution in [0, 0.1) is 0 Å². The first-order valence-corrected chi connectivity index (χ1v) is 9.59. The molecule has 1 aliphatic rings. The van der Waals surface area contributed by atoms with Crippen LogP contribution in [-0.2, 0) is 4.57 Å². The van der Waals surface area contributed by atoms with E-state index in [1.807, 2.05) is 36.4 Å². The van der Waals surface area contributed by atoms with Crippen LogP contribution >= 0.6 is 7.14 Å². The van der Waals surface area contributed by atoms with Crippen molar-refractivity contribution in [3.05, 3.63) is 54.1 Å². The average molecular weight is 316 g/mol. The van der Waals surface area contributed by atoms with Crippen molar-refractivity contribution < 1.29 is 14.0 Å². The number of benzene rings is 2. The van der Waals surface area contributed by atoms with Crippen LogP contribution in [0.4, 0.5) is 0 Å². The van der Waals surface area contributed by atoms with Crippen LogP contribution in [0.3, 0.4) is 0 Å². The topological polar surface area (TPSA) is 35.5 Å². The zero-order chi connectivity index (χ0) is 15.6. The van der Waals surface area contributed by atoms with E-state index in [-0.39, 0.29) is 0 Å². The van der Waals surface area contributed by atoms with Crippen molar-refractivity contribution in [2.75, 3.05) is 26.5 Å². The highest BCUT2D eigenvalue weighted by molar-refractivity contribution is 7.71. The maximum Gasteiger partial charge on any atom is 0.119 e. The second-order valence-electron chi connectivity index (χ2n) is 5.76. The molecule has 0 saturated carbocycles. The van der Waals surface area contributed by atoms with Gasteiger partial charge < -0.3 is 14.0 Å². The van der Waals surface area contributed by atoms with E-state index < -0.39 is 7.14 Å². The summed E-state index contributed by atoms with van der Waals surface area (Å²) in [6, 6.07) is 15.8. The van der Waals surface area contributed by atoms with Crippen molar-refractivity contribution in [3.8, 4) is 11.5 Å². The Kier molecular flexibility index (Phi) is 4.26. The van der Waals surface area contributed by atoms with Crippen molar-refractivity contribution in [1.29, 1.82) is 0 Å². The highest BCUT2D eigenvalue weighted by Gasteiger charge is 2.36. The molecule has 0 aromatic heterocycles. The molecule has 0 bridgehead atoms. The molecule has 2 atom stereocenters. The van der Waals surface area contributed by atoms with Crippen molar-refractivity contribution in [2.45, 2.75) is 12.3 Å². The van der Waals surface area contributed by atoms with E-state index in [9.17, 15) is 4.57 Å².